The second-order valence-electron chi connectivity index (χ2n) is 6.33. The first-order chi connectivity index (χ1) is 13.2. The molecule has 2 rings (SSSR count). The van der Waals surface area contributed by atoms with Gasteiger partial charge in [-0.05, 0) is 30.5 Å². The molecule has 0 radical (unpaired) electrons. The highest BCUT2D eigenvalue weighted by Crippen LogP contribution is 2.09. The zero-order valence-corrected chi connectivity index (χ0v) is 15.8. The predicted octanol–water partition coefficient (Wildman–Crippen LogP) is 4.51. The molecule has 0 atom stereocenters. The monoisotopic (exact) mass is 365 g/mol. The zero-order chi connectivity index (χ0) is 19.3. The highest BCUT2D eigenvalue weighted by atomic mass is 16.2. The summed E-state index contributed by atoms with van der Waals surface area (Å²) in [4.78, 5) is 24.0. The number of anilines is 1. The molecule has 0 aliphatic rings. The molecule has 5 heteroatoms. The Hall–Kier alpha value is -2.95. The Morgan fingerprint density at radius 2 is 1.44 bits per heavy atom. The van der Waals surface area contributed by atoms with Gasteiger partial charge in [-0.25, -0.2) is 5.43 Å². The van der Waals surface area contributed by atoms with Crippen LogP contribution in [0.2, 0.25) is 0 Å². The van der Waals surface area contributed by atoms with Crippen LogP contribution in [0.25, 0.3) is 0 Å². The van der Waals surface area contributed by atoms with Gasteiger partial charge in [0.2, 0.25) is 11.8 Å². The molecule has 2 amide bonds. The molecule has 0 aliphatic carbocycles. The van der Waals surface area contributed by atoms with E-state index >= 15 is 0 Å². The molecule has 0 spiro atoms. The van der Waals surface area contributed by atoms with Crippen LogP contribution in [0.15, 0.2) is 65.8 Å². The smallest absolute Gasteiger partial charge is 0.240 e. The number of para-hydroxylation sites is 1. The topological polar surface area (TPSA) is 70.6 Å². The van der Waals surface area contributed by atoms with Crippen molar-refractivity contribution in [3.8, 4) is 0 Å². The normalized spacial score (nSPS) is 11.1. The summed E-state index contributed by atoms with van der Waals surface area (Å²) in [6.07, 6.45) is 4.31. The van der Waals surface area contributed by atoms with Crippen LogP contribution < -0.4 is 10.7 Å². The molecule has 0 bridgehead atoms. The van der Waals surface area contributed by atoms with E-state index in [9.17, 15) is 9.59 Å². The molecule has 0 saturated carbocycles. The Labute approximate surface area is 160 Å². The van der Waals surface area contributed by atoms with Gasteiger partial charge in [-0.1, -0.05) is 68.3 Å². The van der Waals surface area contributed by atoms with Crippen molar-refractivity contribution in [1.82, 2.24) is 5.43 Å². The predicted molar refractivity (Wildman–Crippen MR) is 110 cm³/mol. The van der Waals surface area contributed by atoms with Gasteiger partial charge in [0, 0.05) is 18.5 Å². The molecule has 0 saturated heterocycles. The minimum Gasteiger partial charge on any atom is -0.326 e. The fourth-order valence-electron chi connectivity index (χ4n) is 2.60. The minimum atomic E-state index is -0.262. The third-order valence-corrected chi connectivity index (χ3v) is 4.08. The maximum atomic E-state index is 12.1. The number of rotatable bonds is 10. The average molecular weight is 365 g/mol. The number of carbonyl (C=O) groups is 2. The Morgan fingerprint density at radius 1 is 0.815 bits per heavy atom. The maximum absolute atomic E-state index is 12.1. The number of benzene rings is 2. The summed E-state index contributed by atoms with van der Waals surface area (Å²) in [6.45, 7) is 2.15. The van der Waals surface area contributed by atoms with E-state index in [2.05, 4.69) is 22.8 Å². The molecule has 2 aromatic carbocycles. The molecule has 0 heterocycles. The summed E-state index contributed by atoms with van der Waals surface area (Å²) in [5.74, 6) is -0.450. The summed E-state index contributed by atoms with van der Waals surface area (Å²) in [6, 6.07) is 19.1. The first-order valence-electron chi connectivity index (χ1n) is 9.44. The van der Waals surface area contributed by atoms with E-state index in [0.29, 0.717) is 0 Å². The number of nitrogens with one attached hydrogen (secondary N) is 2. The number of hydrazone groups is 1. The van der Waals surface area contributed by atoms with E-state index in [1.54, 1.807) is 0 Å². The van der Waals surface area contributed by atoms with Crippen molar-refractivity contribution in [2.45, 2.75) is 45.4 Å². The molecule has 2 N–H and O–H groups in total. The first kappa shape index (κ1) is 20.4. The van der Waals surface area contributed by atoms with Gasteiger partial charge in [0.1, 0.15) is 0 Å². The molecule has 5 nitrogen and oxygen atoms in total. The molecule has 0 aliphatic heterocycles. The van der Waals surface area contributed by atoms with Crippen molar-refractivity contribution < 1.29 is 9.59 Å². The standard InChI is InChI=1S/C22H27N3O2/c1-2-3-6-15-20(18-11-7-4-8-12-18)24-25-22(27)17-16-21(26)23-19-13-9-5-10-14-19/h4-5,7-14H,2-3,6,15-17H2,1H3,(H,23,26)(H,25,27). The number of carbonyl (C=O) groups excluding carboxylic acids is 2. The van der Waals surface area contributed by atoms with E-state index < -0.39 is 0 Å². The summed E-state index contributed by atoms with van der Waals surface area (Å²) in [5.41, 5.74) is 5.20. The Bertz CT molecular complexity index is 743. The van der Waals surface area contributed by atoms with Crippen LogP contribution in [0.3, 0.4) is 0 Å². The first-order valence-corrected chi connectivity index (χ1v) is 9.44. The largest absolute Gasteiger partial charge is 0.326 e. The molecule has 142 valence electrons. The van der Waals surface area contributed by atoms with Crippen LogP contribution in [0.4, 0.5) is 5.69 Å². The Morgan fingerprint density at radius 3 is 2.11 bits per heavy atom. The highest BCUT2D eigenvalue weighted by Gasteiger charge is 2.08. The van der Waals surface area contributed by atoms with Gasteiger partial charge in [0.05, 0.1) is 5.71 Å². The lowest BCUT2D eigenvalue weighted by Crippen LogP contribution is -2.22. The van der Waals surface area contributed by atoms with E-state index in [1.165, 1.54) is 0 Å². The van der Waals surface area contributed by atoms with Crippen LogP contribution in [-0.2, 0) is 9.59 Å². The second kappa shape index (κ2) is 11.6. The average Bonchev–Trinajstić information content (AvgIpc) is 2.70. The van der Waals surface area contributed by atoms with Gasteiger partial charge in [0.15, 0.2) is 0 Å². The van der Waals surface area contributed by atoms with Crippen molar-refractivity contribution in [3.63, 3.8) is 0 Å². The third-order valence-electron chi connectivity index (χ3n) is 4.08. The van der Waals surface area contributed by atoms with Crippen LogP contribution in [0.1, 0.15) is 51.0 Å². The molecular formula is C22H27N3O2. The van der Waals surface area contributed by atoms with Gasteiger partial charge in [-0.2, -0.15) is 5.10 Å². The molecular weight excluding hydrogens is 338 g/mol. The number of nitrogens with zero attached hydrogens (tertiary/aromatic N) is 1. The van der Waals surface area contributed by atoms with E-state index in [1.807, 2.05) is 60.7 Å². The lowest BCUT2D eigenvalue weighted by Gasteiger charge is -2.08. The van der Waals surface area contributed by atoms with Gasteiger partial charge in [-0.3, -0.25) is 9.59 Å². The highest BCUT2D eigenvalue weighted by molar-refractivity contribution is 6.01. The van der Waals surface area contributed by atoms with Gasteiger partial charge >= 0.3 is 0 Å². The third kappa shape index (κ3) is 7.86. The lowest BCUT2D eigenvalue weighted by molar-refractivity contribution is -0.124. The number of amides is 2. The summed E-state index contributed by atoms with van der Waals surface area (Å²) in [7, 11) is 0. The summed E-state index contributed by atoms with van der Waals surface area (Å²) in [5, 5.41) is 7.08. The van der Waals surface area contributed by atoms with Crippen LogP contribution >= 0.6 is 0 Å². The minimum absolute atomic E-state index is 0.0964. The van der Waals surface area contributed by atoms with E-state index in [-0.39, 0.29) is 24.7 Å². The van der Waals surface area contributed by atoms with Crippen molar-refractivity contribution in [1.29, 1.82) is 0 Å². The van der Waals surface area contributed by atoms with Crippen LogP contribution in [0, 0.1) is 0 Å². The van der Waals surface area contributed by atoms with Crippen LogP contribution in [-0.4, -0.2) is 17.5 Å². The lowest BCUT2D eigenvalue weighted by atomic mass is 10.0. The van der Waals surface area contributed by atoms with Crippen molar-refractivity contribution >= 4 is 23.2 Å². The molecule has 27 heavy (non-hydrogen) atoms. The SMILES string of the molecule is CCCCCC(=NNC(=O)CCC(=O)Nc1ccccc1)c1ccccc1. The number of hydrogen-bond acceptors (Lipinski definition) is 3. The second-order valence-corrected chi connectivity index (χ2v) is 6.33. The Balaban J connectivity index is 1.84. The quantitative estimate of drug-likeness (QED) is 0.369. The molecule has 0 unspecified atom stereocenters. The van der Waals surface area contributed by atoms with Gasteiger partial charge in [0.25, 0.3) is 0 Å². The van der Waals surface area contributed by atoms with Gasteiger partial charge in [-0.15, -0.1) is 0 Å². The van der Waals surface area contributed by atoms with Crippen molar-refractivity contribution in [3.05, 3.63) is 66.2 Å². The zero-order valence-electron chi connectivity index (χ0n) is 15.8. The van der Waals surface area contributed by atoms with Crippen molar-refractivity contribution in [2.24, 2.45) is 5.10 Å². The Kier molecular flexibility index (Phi) is 8.77. The number of unbranched alkanes of at least 4 members (excludes halogenated alkanes) is 2. The van der Waals surface area contributed by atoms with E-state index in [4.69, 9.17) is 0 Å². The molecule has 0 fully saturated rings. The summed E-state index contributed by atoms with van der Waals surface area (Å²) < 4.78 is 0. The van der Waals surface area contributed by atoms with Crippen LogP contribution in [0.5, 0.6) is 0 Å². The molecule has 2 aromatic rings. The van der Waals surface area contributed by atoms with Gasteiger partial charge < -0.3 is 5.32 Å². The number of hydrogen-bond donors (Lipinski definition) is 2. The fourth-order valence-corrected chi connectivity index (χ4v) is 2.60. The fraction of sp³-hybridized carbons (Fsp3) is 0.318. The van der Waals surface area contributed by atoms with E-state index in [0.717, 1.165) is 42.6 Å². The summed E-state index contributed by atoms with van der Waals surface area (Å²) >= 11 is 0. The van der Waals surface area contributed by atoms with Crippen molar-refractivity contribution in [2.75, 3.05) is 5.32 Å². The molecule has 0 aromatic heterocycles. The maximum Gasteiger partial charge on any atom is 0.240 e.